The fourth-order valence-corrected chi connectivity index (χ4v) is 4.12. The molecule has 0 aliphatic heterocycles. The molecule has 5 rings (SSSR count). The predicted octanol–water partition coefficient (Wildman–Crippen LogP) is 6.47. The first kappa shape index (κ1) is 14.4. The molecular weight excluding hydrogens is 332 g/mol. The van der Waals surface area contributed by atoms with Crippen LogP contribution in [0.25, 0.3) is 33.3 Å². The normalized spacial score (nSPS) is 17.2. The van der Waals surface area contributed by atoms with Crippen molar-refractivity contribution < 1.29 is 7.16 Å². The van der Waals surface area contributed by atoms with Gasteiger partial charge in [-0.1, -0.05) is 44.2 Å². The molecular formula is C24H24N2O. The Labute approximate surface area is 162 Å². The van der Waals surface area contributed by atoms with Crippen molar-refractivity contribution in [1.29, 1.82) is 0 Å². The average molecular weight is 358 g/mol. The van der Waals surface area contributed by atoms with E-state index in [1.54, 1.807) is 6.20 Å². The summed E-state index contributed by atoms with van der Waals surface area (Å²) in [6.45, 7) is 1.95. The monoisotopic (exact) mass is 358 g/mol. The summed E-state index contributed by atoms with van der Waals surface area (Å²) in [6, 6.07) is 13.8. The van der Waals surface area contributed by atoms with E-state index < -0.39 is 6.37 Å². The summed E-state index contributed by atoms with van der Waals surface area (Å²) in [5.74, 6) is 0.0701. The van der Waals surface area contributed by atoms with Crippen LogP contribution < -0.4 is 0 Å². The molecule has 1 saturated carbocycles. The van der Waals surface area contributed by atoms with Gasteiger partial charge in [0, 0.05) is 31.0 Å². The highest BCUT2D eigenvalue weighted by Crippen LogP contribution is 2.35. The number of hydrogen-bond acceptors (Lipinski definition) is 3. The van der Waals surface area contributed by atoms with Gasteiger partial charge in [0.2, 0.25) is 5.71 Å². The quantitative estimate of drug-likeness (QED) is 0.421. The number of nitrogens with zero attached hydrogens (tertiary/aromatic N) is 2. The smallest absolute Gasteiger partial charge is 0.227 e. The highest BCUT2D eigenvalue weighted by Gasteiger charge is 2.16. The standard InChI is InChI=1S/C24H24N2O/c1-16-10-11-20-19-8-5-9-21(23(19)27-24(20)26-16)22-15-18(12-13-25-22)14-17-6-3-2-4-7-17/h5,8-13,15,17H,2-4,6-7,14H2,1H3/i14D2. The predicted molar refractivity (Wildman–Crippen MR) is 110 cm³/mol. The first-order valence-corrected chi connectivity index (χ1v) is 9.80. The Bertz CT molecular complexity index is 1190. The highest BCUT2D eigenvalue weighted by atomic mass is 16.3. The Kier molecular flexibility index (Phi) is 3.63. The fourth-order valence-electron chi connectivity index (χ4n) is 4.12. The van der Waals surface area contributed by atoms with Gasteiger partial charge in [0.1, 0.15) is 5.58 Å². The summed E-state index contributed by atoms with van der Waals surface area (Å²) >= 11 is 0. The topological polar surface area (TPSA) is 38.9 Å². The number of aromatic nitrogens is 2. The van der Waals surface area contributed by atoms with Gasteiger partial charge in [-0.15, -0.1) is 0 Å². The number of aryl methyl sites for hydroxylation is 1. The molecule has 3 aromatic heterocycles. The SMILES string of the molecule is [2H]C([2H])(c1ccnc(-c2cccc3c2oc2nc(C)ccc23)c1)C1CCCCC1. The van der Waals surface area contributed by atoms with E-state index in [4.69, 9.17) is 7.16 Å². The van der Waals surface area contributed by atoms with E-state index >= 15 is 0 Å². The van der Waals surface area contributed by atoms with Crippen LogP contribution in [-0.4, -0.2) is 9.97 Å². The Hall–Kier alpha value is -2.68. The van der Waals surface area contributed by atoms with Gasteiger partial charge in [-0.25, -0.2) is 4.98 Å². The molecule has 0 radical (unpaired) electrons. The molecule has 27 heavy (non-hydrogen) atoms. The maximum Gasteiger partial charge on any atom is 0.227 e. The Balaban J connectivity index is 1.62. The van der Waals surface area contributed by atoms with Crippen LogP contribution in [0.4, 0.5) is 0 Å². The van der Waals surface area contributed by atoms with Crippen LogP contribution in [0.3, 0.4) is 0 Å². The van der Waals surface area contributed by atoms with Crippen LogP contribution in [0.15, 0.2) is 53.1 Å². The second kappa shape index (κ2) is 6.80. The second-order valence-electron chi connectivity index (χ2n) is 7.50. The molecule has 3 heterocycles. The maximum atomic E-state index is 8.80. The van der Waals surface area contributed by atoms with E-state index in [9.17, 15) is 0 Å². The third kappa shape index (κ3) is 3.12. The van der Waals surface area contributed by atoms with Crippen LogP contribution in [0, 0.1) is 12.8 Å². The molecule has 1 aliphatic carbocycles. The van der Waals surface area contributed by atoms with E-state index in [1.807, 2.05) is 49.4 Å². The number of benzene rings is 1. The minimum Gasteiger partial charge on any atom is -0.437 e. The lowest BCUT2D eigenvalue weighted by Crippen LogP contribution is -2.09. The Morgan fingerprint density at radius 3 is 2.85 bits per heavy atom. The van der Waals surface area contributed by atoms with Gasteiger partial charge in [-0.05, 0) is 55.1 Å². The lowest BCUT2D eigenvalue weighted by molar-refractivity contribution is 0.356. The van der Waals surface area contributed by atoms with Crippen molar-refractivity contribution >= 4 is 22.1 Å². The van der Waals surface area contributed by atoms with Gasteiger partial charge in [0.25, 0.3) is 0 Å². The number of furan rings is 1. The van der Waals surface area contributed by atoms with Gasteiger partial charge in [-0.3, -0.25) is 4.98 Å². The molecule has 1 fully saturated rings. The third-order valence-corrected chi connectivity index (χ3v) is 5.52. The molecule has 0 atom stereocenters. The molecule has 1 aromatic carbocycles. The number of para-hydroxylation sites is 1. The van der Waals surface area contributed by atoms with E-state index in [2.05, 4.69) is 9.97 Å². The van der Waals surface area contributed by atoms with E-state index in [1.165, 1.54) is 6.42 Å². The van der Waals surface area contributed by atoms with Crippen LogP contribution >= 0.6 is 0 Å². The van der Waals surface area contributed by atoms with Crippen molar-refractivity contribution in [2.75, 3.05) is 0 Å². The van der Waals surface area contributed by atoms with Crippen molar-refractivity contribution in [3.63, 3.8) is 0 Å². The Morgan fingerprint density at radius 1 is 1.07 bits per heavy atom. The van der Waals surface area contributed by atoms with Crippen LogP contribution in [0.5, 0.6) is 0 Å². The minimum atomic E-state index is -1.35. The van der Waals surface area contributed by atoms with Crippen molar-refractivity contribution in [3.8, 4) is 11.3 Å². The highest BCUT2D eigenvalue weighted by molar-refractivity contribution is 6.08. The molecule has 0 N–H and O–H groups in total. The average Bonchev–Trinajstić information content (AvgIpc) is 3.12. The van der Waals surface area contributed by atoms with Crippen molar-refractivity contribution in [3.05, 3.63) is 59.9 Å². The largest absolute Gasteiger partial charge is 0.437 e. The fraction of sp³-hybridized carbons (Fsp3) is 0.333. The van der Waals surface area contributed by atoms with E-state index in [-0.39, 0.29) is 5.92 Å². The first-order valence-electron chi connectivity index (χ1n) is 10.8. The summed E-state index contributed by atoms with van der Waals surface area (Å²) in [4.78, 5) is 9.08. The van der Waals surface area contributed by atoms with Crippen LogP contribution in [-0.2, 0) is 6.37 Å². The van der Waals surface area contributed by atoms with E-state index in [0.717, 1.165) is 59.0 Å². The zero-order valence-electron chi connectivity index (χ0n) is 17.5. The third-order valence-electron chi connectivity index (χ3n) is 5.52. The summed E-state index contributed by atoms with van der Waals surface area (Å²) in [5, 5.41) is 1.99. The van der Waals surface area contributed by atoms with Gasteiger partial charge in [-0.2, -0.15) is 0 Å². The summed E-state index contributed by atoms with van der Waals surface area (Å²) in [7, 11) is 0. The first-order chi connectivity index (χ1) is 14.0. The van der Waals surface area contributed by atoms with Crippen LogP contribution in [0.2, 0.25) is 0 Å². The molecule has 3 nitrogen and oxygen atoms in total. The number of pyridine rings is 2. The molecule has 4 aromatic rings. The van der Waals surface area contributed by atoms with Gasteiger partial charge >= 0.3 is 0 Å². The molecule has 3 heteroatoms. The zero-order chi connectivity index (χ0) is 20.0. The maximum absolute atomic E-state index is 8.80. The van der Waals surface area contributed by atoms with Gasteiger partial charge < -0.3 is 4.42 Å². The number of rotatable bonds is 3. The van der Waals surface area contributed by atoms with Crippen molar-refractivity contribution in [2.45, 2.75) is 45.4 Å². The van der Waals surface area contributed by atoms with Crippen molar-refractivity contribution in [2.24, 2.45) is 5.92 Å². The lowest BCUT2D eigenvalue weighted by atomic mass is 9.85. The minimum absolute atomic E-state index is 0.0701. The molecule has 0 saturated heterocycles. The Morgan fingerprint density at radius 2 is 1.96 bits per heavy atom. The van der Waals surface area contributed by atoms with Gasteiger partial charge in [0.05, 0.1) is 5.69 Å². The number of fused-ring (bicyclic) bond motifs is 3. The van der Waals surface area contributed by atoms with Crippen LogP contribution in [0.1, 0.15) is 46.1 Å². The molecule has 0 spiro atoms. The molecule has 0 unspecified atom stereocenters. The molecule has 0 amide bonds. The second-order valence-corrected chi connectivity index (χ2v) is 7.50. The molecule has 0 bridgehead atoms. The summed E-state index contributed by atoms with van der Waals surface area (Å²) in [5.41, 5.74) is 4.61. The number of hydrogen-bond donors (Lipinski definition) is 0. The lowest BCUT2D eigenvalue weighted by Gasteiger charge is -2.21. The summed E-state index contributed by atoms with van der Waals surface area (Å²) < 4.78 is 23.7. The zero-order valence-corrected chi connectivity index (χ0v) is 15.5. The summed E-state index contributed by atoms with van der Waals surface area (Å²) in [6.07, 6.45) is 5.73. The molecule has 1 aliphatic rings. The van der Waals surface area contributed by atoms with E-state index in [0.29, 0.717) is 11.3 Å². The van der Waals surface area contributed by atoms with Crippen molar-refractivity contribution in [1.82, 2.24) is 9.97 Å². The molecule has 136 valence electrons. The van der Waals surface area contributed by atoms with Gasteiger partial charge in [0.15, 0.2) is 0 Å².